The first kappa shape index (κ1) is 14.5. The number of anilines is 1. The Labute approximate surface area is 130 Å². The van der Waals surface area contributed by atoms with E-state index in [-0.39, 0.29) is 5.91 Å². The summed E-state index contributed by atoms with van der Waals surface area (Å²) in [5.74, 6) is 0.0178. The molecule has 0 radical (unpaired) electrons. The molecule has 0 atom stereocenters. The lowest BCUT2D eigenvalue weighted by Crippen LogP contribution is -2.48. The summed E-state index contributed by atoms with van der Waals surface area (Å²) in [7, 11) is 0. The first-order chi connectivity index (χ1) is 10.7. The van der Waals surface area contributed by atoms with Crippen LogP contribution in [0.1, 0.15) is 16.1 Å². The van der Waals surface area contributed by atoms with Crippen LogP contribution in [0.4, 0.5) is 5.69 Å². The zero-order valence-electron chi connectivity index (χ0n) is 12.5. The van der Waals surface area contributed by atoms with Gasteiger partial charge in [-0.15, -0.1) is 0 Å². The van der Waals surface area contributed by atoms with Crippen LogP contribution in [0.15, 0.2) is 48.7 Å². The van der Waals surface area contributed by atoms with Gasteiger partial charge in [0.1, 0.15) is 5.69 Å². The molecule has 0 saturated carbocycles. The molecule has 1 amide bonds. The molecule has 5 nitrogen and oxygen atoms in total. The van der Waals surface area contributed by atoms with Crippen LogP contribution in [0.5, 0.6) is 0 Å². The zero-order valence-corrected chi connectivity index (χ0v) is 12.5. The minimum Gasteiger partial charge on any atom is -0.399 e. The van der Waals surface area contributed by atoms with E-state index >= 15 is 0 Å². The Morgan fingerprint density at radius 3 is 2.59 bits per heavy atom. The monoisotopic (exact) mass is 296 g/mol. The van der Waals surface area contributed by atoms with Gasteiger partial charge in [-0.1, -0.05) is 18.2 Å². The third-order valence-corrected chi connectivity index (χ3v) is 3.90. The van der Waals surface area contributed by atoms with Gasteiger partial charge in [-0.05, 0) is 29.8 Å². The Kier molecular flexibility index (Phi) is 4.34. The fraction of sp³-hybridized carbons (Fsp3) is 0.294. The van der Waals surface area contributed by atoms with Crippen molar-refractivity contribution in [1.82, 2.24) is 14.8 Å². The molecule has 1 saturated heterocycles. The van der Waals surface area contributed by atoms with Crippen molar-refractivity contribution in [3.8, 4) is 0 Å². The molecule has 1 aromatic heterocycles. The van der Waals surface area contributed by atoms with Gasteiger partial charge in [0.25, 0.3) is 5.91 Å². The number of rotatable bonds is 3. The van der Waals surface area contributed by atoms with Crippen LogP contribution in [-0.2, 0) is 6.54 Å². The summed E-state index contributed by atoms with van der Waals surface area (Å²) in [6.45, 7) is 4.08. The Balaban J connectivity index is 1.55. The van der Waals surface area contributed by atoms with E-state index in [1.54, 1.807) is 12.3 Å². The third-order valence-electron chi connectivity index (χ3n) is 3.90. The number of pyridine rings is 1. The van der Waals surface area contributed by atoms with E-state index in [1.165, 1.54) is 5.56 Å². The molecule has 0 bridgehead atoms. The van der Waals surface area contributed by atoms with Gasteiger partial charge in [-0.25, -0.2) is 0 Å². The number of nitrogens with two attached hydrogens (primary N) is 1. The van der Waals surface area contributed by atoms with Crippen molar-refractivity contribution in [2.75, 3.05) is 31.9 Å². The second-order valence-electron chi connectivity index (χ2n) is 5.53. The maximum Gasteiger partial charge on any atom is 0.272 e. The normalized spacial score (nSPS) is 15.7. The number of aromatic nitrogens is 1. The van der Waals surface area contributed by atoms with Gasteiger partial charge in [0.15, 0.2) is 0 Å². The maximum atomic E-state index is 12.3. The SMILES string of the molecule is Nc1cccc(CN2CCN(C(=O)c3ccccn3)CC2)c1. The van der Waals surface area contributed by atoms with Gasteiger partial charge < -0.3 is 10.6 Å². The number of nitrogen functional groups attached to an aromatic ring is 1. The van der Waals surface area contributed by atoms with Crippen molar-refractivity contribution >= 4 is 11.6 Å². The number of piperazine rings is 1. The minimum atomic E-state index is 0.0178. The standard InChI is InChI=1S/C17H20N4O/c18-15-5-3-4-14(12-15)13-20-8-10-21(11-9-20)17(22)16-6-1-2-7-19-16/h1-7,12H,8-11,13,18H2. The summed E-state index contributed by atoms with van der Waals surface area (Å²) in [5.41, 5.74) is 8.34. The maximum absolute atomic E-state index is 12.3. The quantitative estimate of drug-likeness (QED) is 0.874. The minimum absolute atomic E-state index is 0.0178. The van der Waals surface area contributed by atoms with E-state index in [0.29, 0.717) is 5.69 Å². The lowest BCUT2D eigenvalue weighted by molar-refractivity contribution is 0.0623. The van der Waals surface area contributed by atoms with E-state index in [4.69, 9.17) is 5.73 Å². The average Bonchev–Trinajstić information content (AvgIpc) is 2.56. The number of carbonyl (C=O) groups excluding carboxylic acids is 1. The number of carbonyl (C=O) groups is 1. The third kappa shape index (κ3) is 3.43. The largest absolute Gasteiger partial charge is 0.399 e. The average molecular weight is 296 g/mol. The fourth-order valence-corrected chi connectivity index (χ4v) is 2.71. The van der Waals surface area contributed by atoms with Crippen LogP contribution < -0.4 is 5.73 Å². The highest BCUT2D eigenvalue weighted by atomic mass is 16.2. The Hall–Kier alpha value is -2.40. The number of hydrogen-bond donors (Lipinski definition) is 1. The molecule has 3 rings (SSSR count). The van der Waals surface area contributed by atoms with E-state index in [1.807, 2.05) is 35.2 Å². The molecule has 22 heavy (non-hydrogen) atoms. The molecular formula is C17H20N4O. The number of hydrogen-bond acceptors (Lipinski definition) is 4. The fourth-order valence-electron chi connectivity index (χ4n) is 2.71. The van der Waals surface area contributed by atoms with Crippen LogP contribution in [0.3, 0.4) is 0 Å². The molecule has 2 aromatic rings. The topological polar surface area (TPSA) is 62.5 Å². The summed E-state index contributed by atoms with van der Waals surface area (Å²) in [5, 5.41) is 0. The van der Waals surface area contributed by atoms with Crippen LogP contribution in [0.2, 0.25) is 0 Å². The van der Waals surface area contributed by atoms with Gasteiger partial charge in [0, 0.05) is 44.6 Å². The summed E-state index contributed by atoms with van der Waals surface area (Å²) >= 11 is 0. The van der Waals surface area contributed by atoms with Crippen molar-refractivity contribution in [3.63, 3.8) is 0 Å². The molecule has 5 heteroatoms. The number of nitrogens with zero attached hydrogens (tertiary/aromatic N) is 3. The van der Waals surface area contributed by atoms with Gasteiger partial charge in [-0.3, -0.25) is 14.7 Å². The first-order valence-electron chi connectivity index (χ1n) is 7.49. The summed E-state index contributed by atoms with van der Waals surface area (Å²) in [6.07, 6.45) is 1.66. The molecule has 114 valence electrons. The van der Waals surface area contributed by atoms with Gasteiger partial charge >= 0.3 is 0 Å². The molecule has 0 unspecified atom stereocenters. The zero-order chi connectivity index (χ0) is 15.4. The van der Waals surface area contributed by atoms with Gasteiger partial charge in [-0.2, -0.15) is 0 Å². The van der Waals surface area contributed by atoms with E-state index < -0.39 is 0 Å². The molecule has 2 heterocycles. The number of amides is 1. The Bertz CT molecular complexity index is 636. The molecule has 1 aromatic carbocycles. The Morgan fingerprint density at radius 2 is 1.91 bits per heavy atom. The molecule has 1 aliphatic heterocycles. The van der Waals surface area contributed by atoms with E-state index in [0.717, 1.165) is 38.4 Å². The van der Waals surface area contributed by atoms with Crippen molar-refractivity contribution in [2.45, 2.75) is 6.54 Å². The molecule has 1 fully saturated rings. The highest BCUT2D eigenvalue weighted by Gasteiger charge is 2.22. The van der Waals surface area contributed by atoms with Crippen LogP contribution in [-0.4, -0.2) is 46.9 Å². The predicted octanol–water partition coefficient (Wildman–Crippen LogP) is 1.62. The second kappa shape index (κ2) is 6.58. The summed E-state index contributed by atoms with van der Waals surface area (Å²) in [6, 6.07) is 13.4. The highest BCUT2D eigenvalue weighted by Crippen LogP contribution is 2.12. The van der Waals surface area contributed by atoms with Crippen LogP contribution in [0, 0.1) is 0 Å². The lowest BCUT2D eigenvalue weighted by atomic mass is 10.1. The van der Waals surface area contributed by atoms with Gasteiger partial charge in [0.05, 0.1) is 0 Å². The summed E-state index contributed by atoms with van der Waals surface area (Å²) < 4.78 is 0. The molecule has 1 aliphatic rings. The first-order valence-corrected chi connectivity index (χ1v) is 7.49. The van der Waals surface area contributed by atoms with Gasteiger partial charge in [0.2, 0.25) is 0 Å². The highest BCUT2D eigenvalue weighted by molar-refractivity contribution is 5.92. The van der Waals surface area contributed by atoms with E-state index in [9.17, 15) is 4.79 Å². The molecular weight excluding hydrogens is 276 g/mol. The van der Waals surface area contributed by atoms with Crippen molar-refractivity contribution in [2.24, 2.45) is 0 Å². The summed E-state index contributed by atoms with van der Waals surface area (Å²) in [4.78, 5) is 20.7. The smallest absolute Gasteiger partial charge is 0.272 e. The van der Waals surface area contributed by atoms with Crippen molar-refractivity contribution < 1.29 is 4.79 Å². The molecule has 2 N–H and O–H groups in total. The Morgan fingerprint density at radius 1 is 1.09 bits per heavy atom. The van der Waals surface area contributed by atoms with Crippen LogP contribution >= 0.6 is 0 Å². The molecule has 0 aliphatic carbocycles. The molecule has 0 spiro atoms. The van der Waals surface area contributed by atoms with Crippen molar-refractivity contribution in [3.05, 3.63) is 59.9 Å². The second-order valence-corrected chi connectivity index (χ2v) is 5.53. The van der Waals surface area contributed by atoms with Crippen LogP contribution in [0.25, 0.3) is 0 Å². The van der Waals surface area contributed by atoms with Crippen molar-refractivity contribution in [1.29, 1.82) is 0 Å². The van der Waals surface area contributed by atoms with E-state index in [2.05, 4.69) is 16.0 Å². The number of benzene rings is 1. The lowest BCUT2D eigenvalue weighted by Gasteiger charge is -2.34. The predicted molar refractivity (Wildman–Crippen MR) is 86.3 cm³/mol.